The molecule has 0 spiro atoms. The monoisotopic (exact) mass is 230 g/mol. The Morgan fingerprint density at radius 2 is 2.17 bits per heavy atom. The number of rotatable bonds is 2. The lowest BCUT2D eigenvalue weighted by Crippen LogP contribution is -2.01. The molecular weight excluding hydrogens is 227 g/mol. The van der Waals surface area contributed by atoms with E-state index < -0.39 is 11.6 Å². The molecule has 0 unspecified atom stereocenters. The smallest absolute Gasteiger partial charge is 0.226 e. The van der Waals surface area contributed by atoms with E-state index in [0.717, 1.165) is 0 Å². The fourth-order valence-corrected chi connectivity index (χ4v) is 1.22. The van der Waals surface area contributed by atoms with Crippen molar-refractivity contribution < 1.29 is 14.0 Å². The summed E-state index contributed by atoms with van der Waals surface area (Å²) >= 11 is 2.87. The summed E-state index contributed by atoms with van der Waals surface area (Å²) in [6.45, 7) is 0. The zero-order valence-electron chi connectivity index (χ0n) is 5.88. The molecular formula is C8H4BrFO2. The van der Waals surface area contributed by atoms with Crippen LogP contribution in [0.4, 0.5) is 4.39 Å². The van der Waals surface area contributed by atoms with Crippen molar-refractivity contribution in [2.45, 2.75) is 0 Å². The molecule has 0 atom stereocenters. The Hall–Kier alpha value is -1.03. The maximum atomic E-state index is 12.8. The zero-order chi connectivity index (χ0) is 9.14. The number of aldehydes is 1. The van der Waals surface area contributed by atoms with Gasteiger partial charge in [0.15, 0.2) is 6.29 Å². The van der Waals surface area contributed by atoms with Crippen molar-refractivity contribution in [3.05, 3.63) is 34.1 Å². The minimum Gasteiger partial charge on any atom is -0.294 e. The largest absolute Gasteiger partial charge is 0.294 e. The summed E-state index contributed by atoms with van der Waals surface area (Å²) in [5.74, 6) is -1.29. The molecule has 0 radical (unpaired) electrons. The minimum atomic E-state index is -0.735. The van der Waals surface area contributed by atoms with E-state index in [-0.39, 0.29) is 16.3 Å². The van der Waals surface area contributed by atoms with E-state index in [4.69, 9.17) is 0 Å². The Bertz CT molecular complexity index is 336. The zero-order valence-corrected chi connectivity index (χ0v) is 7.47. The second-order valence-electron chi connectivity index (χ2n) is 2.08. The van der Waals surface area contributed by atoms with Gasteiger partial charge in [0.1, 0.15) is 5.82 Å². The van der Waals surface area contributed by atoms with Crippen LogP contribution in [0.2, 0.25) is 0 Å². The van der Waals surface area contributed by atoms with E-state index in [1.807, 2.05) is 0 Å². The third-order valence-corrected chi connectivity index (χ3v) is 2.13. The lowest BCUT2D eigenvalue weighted by molar-refractivity contribution is -0.104. The van der Waals surface area contributed by atoms with Crippen LogP contribution in [0.5, 0.6) is 0 Å². The maximum Gasteiger partial charge on any atom is 0.226 e. The molecule has 4 heteroatoms. The average molecular weight is 231 g/mol. The van der Waals surface area contributed by atoms with Crippen molar-refractivity contribution in [1.82, 2.24) is 0 Å². The fourth-order valence-electron chi connectivity index (χ4n) is 0.758. The summed E-state index contributed by atoms with van der Waals surface area (Å²) in [5, 5.41) is 0. The quantitative estimate of drug-likeness (QED) is 0.443. The van der Waals surface area contributed by atoms with Gasteiger partial charge in [0.25, 0.3) is 0 Å². The van der Waals surface area contributed by atoms with Gasteiger partial charge in [-0.05, 0) is 28.1 Å². The van der Waals surface area contributed by atoms with E-state index in [1.165, 1.54) is 18.2 Å². The first-order chi connectivity index (χ1) is 5.66. The summed E-state index contributed by atoms with van der Waals surface area (Å²) in [4.78, 5) is 20.9. The van der Waals surface area contributed by atoms with Crippen LogP contribution in [0.25, 0.3) is 0 Å². The summed E-state index contributed by atoms with van der Waals surface area (Å²) in [6.07, 6.45) is 0.152. The molecule has 0 aromatic heterocycles. The Kier molecular flexibility index (Phi) is 2.70. The summed E-state index contributed by atoms with van der Waals surface area (Å²) in [6, 6.07) is 3.95. The molecule has 0 fully saturated rings. The predicted molar refractivity (Wildman–Crippen MR) is 44.5 cm³/mol. The highest BCUT2D eigenvalue weighted by atomic mass is 79.9. The van der Waals surface area contributed by atoms with E-state index >= 15 is 0 Å². The average Bonchev–Trinajstić information content (AvgIpc) is 2.08. The second-order valence-corrected chi connectivity index (χ2v) is 2.88. The lowest BCUT2D eigenvalue weighted by atomic mass is 10.1. The van der Waals surface area contributed by atoms with Crippen LogP contribution in [0.15, 0.2) is 22.7 Å². The van der Waals surface area contributed by atoms with Crippen LogP contribution in [-0.2, 0) is 4.79 Å². The molecule has 0 N–H and O–H groups in total. The van der Waals surface area contributed by atoms with Gasteiger partial charge in [0.05, 0.1) is 4.47 Å². The number of hydrogen-bond acceptors (Lipinski definition) is 2. The van der Waals surface area contributed by atoms with Crippen LogP contribution in [-0.4, -0.2) is 12.1 Å². The number of ketones is 1. The van der Waals surface area contributed by atoms with E-state index in [1.54, 1.807) is 0 Å². The van der Waals surface area contributed by atoms with Gasteiger partial charge in [-0.15, -0.1) is 0 Å². The molecule has 0 heterocycles. The second kappa shape index (κ2) is 3.58. The van der Waals surface area contributed by atoms with E-state index in [2.05, 4.69) is 15.9 Å². The van der Waals surface area contributed by atoms with Gasteiger partial charge in [0.2, 0.25) is 5.78 Å². The number of carbonyl (C=O) groups excluding carboxylic acids is 2. The van der Waals surface area contributed by atoms with Crippen molar-refractivity contribution in [1.29, 1.82) is 0 Å². The third-order valence-electron chi connectivity index (χ3n) is 1.32. The summed E-state index contributed by atoms with van der Waals surface area (Å²) in [5.41, 5.74) is 0.0463. The van der Waals surface area contributed by atoms with Gasteiger partial charge >= 0.3 is 0 Å². The highest BCUT2D eigenvalue weighted by Gasteiger charge is 2.11. The van der Waals surface area contributed by atoms with Gasteiger partial charge in [-0.25, -0.2) is 4.39 Å². The van der Waals surface area contributed by atoms with Crippen LogP contribution in [0.1, 0.15) is 10.4 Å². The standard InChI is InChI=1S/C8H4BrFO2/c9-8-5(7(12)4-11)2-1-3-6(8)10/h1-4H. The number of halogens is 2. The van der Waals surface area contributed by atoms with Crippen LogP contribution >= 0.6 is 15.9 Å². The lowest BCUT2D eigenvalue weighted by Gasteiger charge is -1.98. The van der Waals surface area contributed by atoms with Crippen LogP contribution in [0, 0.1) is 5.82 Å². The maximum absolute atomic E-state index is 12.8. The van der Waals surface area contributed by atoms with E-state index in [0.29, 0.717) is 0 Å². The number of Topliss-reactive ketones (excluding diaryl/α,β-unsaturated/α-hetero) is 1. The molecule has 0 aliphatic rings. The van der Waals surface area contributed by atoms with Gasteiger partial charge in [-0.1, -0.05) is 6.07 Å². The van der Waals surface area contributed by atoms with Crippen molar-refractivity contribution >= 4 is 28.0 Å². The van der Waals surface area contributed by atoms with Crippen molar-refractivity contribution in [3.8, 4) is 0 Å². The van der Waals surface area contributed by atoms with Crippen LogP contribution in [0.3, 0.4) is 0 Å². The molecule has 1 aromatic carbocycles. The Morgan fingerprint density at radius 3 is 2.75 bits per heavy atom. The number of hydrogen-bond donors (Lipinski definition) is 0. The molecule has 0 amide bonds. The molecule has 0 saturated heterocycles. The number of carbonyl (C=O) groups is 2. The topological polar surface area (TPSA) is 34.1 Å². The van der Waals surface area contributed by atoms with E-state index in [9.17, 15) is 14.0 Å². The van der Waals surface area contributed by atoms with Crippen LogP contribution < -0.4 is 0 Å². The first kappa shape index (κ1) is 9.06. The highest BCUT2D eigenvalue weighted by molar-refractivity contribution is 9.10. The molecule has 0 bridgehead atoms. The SMILES string of the molecule is O=CC(=O)c1cccc(F)c1Br. The van der Waals surface area contributed by atoms with Gasteiger partial charge in [0, 0.05) is 5.56 Å². The molecule has 62 valence electrons. The molecule has 2 nitrogen and oxygen atoms in total. The van der Waals surface area contributed by atoms with Crippen molar-refractivity contribution in [3.63, 3.8) is 0 Å². The minimum absolute atomic E-state index is 0.0297. The predicted octanol–water partition coefficient (Wildman–Crippen LogP) is 1.97. The van der Waals surface area contributed by atoms with Gasteiger partial charge in [-0.2, -0.15) is 0 Å². The third kappa shape index (κ3) is 1.58. The van der Waals surface area contributed by atoms with Gasteiger partial charge < -0.3 is 0 Å². The van der Waals surface area contributed by atoms with Crippen molar-refractivity contribution in [2.75, 3.05) is 0 Å². The Morgan fingerprint density at radius 1 is 1.50 bits per heavy atom. The normalized spacial score (nSPS) is 9.50. The molecule has 0 saturated carbocycles. The molecule has 1 aromatic rings. The summed E-state index contributed by atoms with van der Waals surface area (Å²) < 4.78 is 12.8. The first-order valence-corrected chi connectivity index (χ1v) is 3.89. The fraction of sp³-hybridized carbons (Fsp3) is 0. The highest BCUT2D eigenvalue weighted by Crippen LogP contribution is 2.20. The first-order valence-electron chi connectivity index (χ1n) is 3.10. The molecule has 1 rings (SSSR count). The molecule has 0 aliphatic heterocycles. The number of benzene rings is 1. The van der Waals surface area contributed by atoms with Crippen molar-refractivity contribution in [2.24, 2.45) is 0 Å². The Balaban J connectivity index is 3.25. The molecule has 0 aliphatic carbocycles. The van der Waals surface area contributed by atoms with Gasteiger partial charge in [-0.3, -0.25) is 9.59 Å². The summed E-state index contributed by atoms with van der Waals surface area (Å²) in [7, 11) is 0. The molecule has 12 heavy (non-hydrogen) atoms. The Labute approximate surface area is 76.5 Å².